The van der Waals surface area contributed by atoms with Crippen LogP contribution < -0.4 is 0 Å². The molecule has 0 N–H and O–H groups in total. The van der Waals surface area contributed by atoms with Gasteiger partial charge < -0.3 is 0 Å². The minimum absolute atomic E-state index is 0.0821. The van der Waals surface area contributed by atoms with Crippen LogP contribution >= 0.6 is 15.9 Å². The fraction of sp³-hybridized carbons (Fsp3) is 0.235. The van der Waals surface area contributed by atoms with Crippen molar-refractivity contribution in [2.24, 2.45) is 0 Å². The smallest absolute Gasteiger partial charge is 0.193 e. The molecule has 0 fully saturated rings. The van der Waals surface area contributed by atoms with E-state index in [1.165, 1.54) is 5.56 Å². The molecule has 0 bridgehead atoms. The summed E-state index contributed by atoms with van der Waals surface area (Å²) < 4.78 is 1.03. The van der Waals surface area contributed by atoms with Gasteiger partial charge in [-0.1, -0.05) is 53.5 Å². The zero-order valence-corrected chi connectivity index (χ0v) is 12.8. The Balaban J connectivity index is 2.25. The van der Waals surface area contributed by atoms with Gasteiger partial charge in [0.25, 0.3) is 0 Å². The van der Waals surface area contributed by atoms with Crippen LogP contribution in [0.4, 0.5) is 0 Å². The molecule has 1 nitrogen and oxygen atoms in total. The van der Waals surface area contributed by atoms with Crippen LogP contribution in [-0.4, -0.2) is 5.78 Å². The summed E-state index contributed by atoms with van der Waals surface area (Å²) in [6.45, 7) is 4.15. The second-order valence-corrected chi connectivity index (χ2v) is 5.59. The minimum Gasteiger partial charge on any atom is -0.289 e. The van der Waals surface area contributed by atoms with Crippen molar-refractivity contribution in [2.45, 2.75) is 26.7 Å². The number of carbonyl (C=O) groups is 1. The maximum Gasteiger partial charge on any atom is 0.193 e. The fourth-order valence-electron chi connectivity index (χ4n) is 2.06. The average molecular weight is 317 g/mol. The van der Waals surface area contributed by atoms with E-state index in [0.29, 0.717) is 0 Å². The van der Waals surface area contributed by atoms with Gasteiger partial charge in [0.05, 0.1) is 0 Å². The summed E-state index contributed by atoms with van der Waals surface area (Å²) in [5.41, 5.74) is 3.85. The zero-order valence-electron chi connectivity index (χ0n) is 11.2. The molecule has 0 amide bonds. The maximum absolute atomic E-state index is 12.4. The van der Waals surface area contributed by atoms with Crippen LogP contribution in [0.15, 0.2) is 46.9 Å². The summed E-state index contributed by atoms with van der Waals surface area (Å²) in [6, 6.07) is 13.6. The standard InChI is InChI=1S/C17H17BrO/c1-3-4-13-5-7-14(8-6-13)17(19)15-9-10-16(18)12(2)11-15/h5-11H,3-4H2,1-2H3. The molecule has 2 rings (SSSR count). The molecule has 0 spiro atoms. The number of ketones is 1. The Labute approximate surface area is 122 Å². The highest BCUT2D eigenvalue weighted by Crippen LogP contribution is 2.19. The predicted molar refractivity (Wildman–Crippen MR) is 82.7 cm³/mol. The Morgan fingerprint density at radius 3 is 2.26 bits per heavy atom. The monoisotopic (exact) mass is 316 g/mol. The number of halogens is 1. The van der Waals surface area contributed by atoms with Crippen molar-refractivity contribution in [3.8, 4) is 0 Å². The molecule has 0 saturated carbocycles. The van der Waals surface area contributed by atoms with Gasteiger partial charge in [0.1, 0.15) is 0 Å². The van der Waals surface area contributed by atoms with E-state index in [-0.39, 0.29) is 5.78 Å². The highest BCUT2D eigenvalue weighted by Gasteiger charge is 2.09. The first-order valence-electron chi connectivity index (χ1n) is 6.51. The van der Waals surface area contributed by atoms with Crippen LogP contribution in [0.1, 0.15) is 40.4 Å². The number of hydrogen-bond acceptors (Lipinski definition) is 1. The molecule has 0 aliphatic carbocycles. The summed E-state index contributed by atoms with van der Waals surface area (Å²) in [7, 11) is 0. The predicted octanol–water partition coefficient (Wildman–Crippen LogP) is 4.94. The van der Waals surface area contributed by atoms with Gasteiger partial charge in [-0.3, -0.25) is 4.79 Å². The number of aryl methyl sites for hydroxylation is 2. The van der Waals surface area contributed by atoms with Gasteiger partial charge in [-0.25, -0.2) is 0 Å². The van der Waals surface area contributed by atoms with Crippen molar-refractivity contribution in [1.29, 1.82) is 0 Å². The van der Waals surface area contributed by atoms with Crippen LogP contribution in [0.5, 0.6) is 0 Å². The van der Waals surface area contributed by atoms with Gasteiger partial charge in [-0.2, -0.15) is 0 Å². The lowest BCUT2D eigenvalue weighted by Gasteiger charge is -2.05. The molecule has 0 radical (unpaired) electrons. The minimum atomic E-state index is 0.0821. The third kappa shape index (κ3) is 3.32. The normalized spacial score (nSPS) is 10.5. The molecule has 2 aromatic rings. The average Bonchev–Trinajstić information content (AvgIpc) is 2.42. The second kappa shape index (κ2) is 6.16. The van der Waals surface area contributed by atoms with Gasteiger partial charge >= 0.3 is 0 Å². The summed E-state index contributed by atoms with van der Waals surface area (Å²) in [5, 5.41) is 0. The van der Waals surface area contributed by atoms with Crippen LogP contribution in [-0.2, 0) is 6.42 Å². The number of carbonyl (C=O) groups excluding carboxylic acids is 1. The molecule has 0 aromatic heterocycles. The molecule has 0 aliphatic heterocycles. The summed E-state index contributed by atoms with van der Waals surface area (Å²) in [6.07, 6.45) is 2.19. The van der Waals surface area contributed by atoms with E-state index in [1.54, 1.807) is 0 Å². The van der Waals surface area contributed by atoms with Crippen LogP contribution in [0, 0.1) is 6.92 Å². The Hall–Kier alpha value is -1.41. The number of hydrogen-bond donors (Lipinski definition) is 0. The highest BCUT2D eigenvalue weighted by molar-refractivity contribution is 9.10. The molecule has 0 atom stereocenters. The molecule has 0 heterocycles. The third-order valence-electron chi connectivity index (χ3n) is 3.17. The van der Waals surface area contributed by atoms with Gasteiger partial charge in [-0.05, 0) is 42.7 Å². The fourth-order valence-corrected chi connectivity index (χ4v) is 2.31. The van der Waals surface area contributed by atoms with Crippen LogP contribution in [0.3, 0.4) is 0 Å². The lowest BCUT2D eigenvalue weighted by Crippen LogP contribution is -2.02. The van der Waals surface area contributed by atoms with E-state index in [9.17, 15) is 4.79 Å². The number of benzene rings is 2. The van der Waals surface area contributed by atoms with Crippen LogP contribution in [0.2, 0.25) is 0 Å². The maximum atomic E-state index is 12.4. The van der Waals surface area contributed by atoms with Crippen molar-refractivity contribution in [3.63, 3.8) is 0 Å². The van der Waals surface area contributed by atoms with Gasteiger partial charge in [-0.15, -0.1) is 0 Å². The van der Waals surface area contributed by atoms with Gasteiger partial charge in [0.15, 0.2) is 5.78 Å². The lowest BCUT2D eigenvalue weighted by molar-refractivity contribution is 0.103. The van der Waals surface area contributed by atoms with E-state index >= 15 is 0 Å². The first-order valence-corrected chi connectivity index (χ1v) is 7.31. The molecule has 0 unspecified atom stereocenters. The zero-order chi connectivity index (χ0) is 13.8. The molecule has 2 heteroatoms. The van der Waals surface area contributed by atoms with Crippen molar-refractivity contribution >= 4 is 21.7 Å². The molecule has 98 valence electrons. The molecule has 0 saturated heterocycles. The first-order chi connectivity index (χ1) is 9.11. The topological polar surface area (TPSA) is 17.1 Å². The number of rotatable bonds is 4. The molecular formula is C17H17BrO. The summed E-state index contributed by atoms with van der Waals surface area (Å²) in [4.78, 5) is 12.4. The van der Waals surface area contributed by atoms with Crippen LogP contribution in [0.25, 0.3) is 0 Å². The molecule has 0 aliphatic rings. The highest BCUT2D eigenvalue weighted by atomic mass is 79.9. The van der Waals surface area contributed by atoms with Gasteiger partial charge in [0.2, 0.25) is 0 Å². The second-order valence-electron chi connectivity index (χ2n) is 4.74. The Morgan fingerprint density at radius 2 is 1.68 bits per heavy atom. The van der Waals surface area contributed by atoms with E-state index in [4.69, 9.17) is 0 Å². The van der Waals surface area contributed by atoms with E-state index in [1.807, 2.05) is 49.4 Å². The Bertz CT molecular complexity index is 585. The Kier molecular flexibility index (Phi) is 4.54. The molecule has 19 heavy (non-hydrogen) atoms. The van der Waals surface area contributed by atoms with E-state index in [2.05, 4.69) is 22.9 Å². The summed E-state index contributed by atoms with van der Waals surface area (Å²) in [5.74, 6) is 0.0821. The van der Waals surface area contributed by atoms with E-state index < -0.39 is 0 Å². The first kappa shape index (κ1) is 14.0. The van der Waals surface area contributed by atoms with Crippen molar-refractivity contribution in [3.05, 3.63) is 69.2 Å². The Morgan fingerprint density at radius 1 is 1.05 bits per heavy atom. The van der Waals surface area contributed by atoms with Crippen molar-refractivity contribution in [2.75, 3.05) is 0 Å². The summed E-state index contributed by atoms with van der Waals surface area (Å²) >= 11 is 3.45. The van der Waals surface area contributed by atoms with E-state index in [0.717, 1.165) is 34.0 Å². The van der Waals surface area contributed by atoms with Crippen molar-refractivity contribution in [1.82, 2.24) is 0 Å². The molecular weight excluding hydrogens is 300 g/mol. The third-order valence-corrected chi connectivity index (χ3v) is 4.06. The van der Waals surface area contributed by atoms with Gasteiger partial charge in [0, 0.05) is 15.6 Å². The quantitative estimate of drug-likeness (QED) is 0.730. The lowest BCUT2D eigenvalue weighted by atomic mass is 10.00. The van der Waals surface area contributed by atoms with Crippen molar-refractivity contribution < 1.29 is 4.79 Å². The SMILES string of the molecule is CCCc1ccc(C(=O)c2ccc(Br)c(C)c2)cc1. The largest absolute Gasteiger partial charge is 0.289 e. The molecule has 2 aromatic carbocycles.